The molecular weight excluding hydrogens is 464 g/mol. The summed E-state index contributed by atoms with van der Waals surface area (Å²) >= 11 is 0. The fourth-order valence-electron chi connectivity index (χ4n) is 3.88. The van der Waals surface area contributed by atoms with Crippen LogP contribution in [0.1, 0.15) is 55.1 Å². The third kappa shape index (κ3) is 6.90. The molecular formula is C27H34N2O7. The number of methoxy groups -OCH3 is 1. The molecule has 1 heterocycles. The van der Waals surface area contributed by atoms with Gasteiger partial charge in [-0.15, -0.1) is 0 Å². The van der Waals surface area contributed by atoms with Gasteiger partial charge in [0.15, 0.2) is 0 Å². The van der Waals surface area contributed by atoms with Crippen LogP contribution in [0.15, 0.2) is 42.5 Å². The van der Waals surface area contributed by atoms with Gasteiger partial charge in [0.05, 0.1) is 25.8 Å². The van der Waals surface area contributed by atoms with E-state index in [9.17, 15) is 19.5 Å². The van der Waals surface area contributed by atoms with Crippen molar-refractivity contribution in [3.05, 3.63) is 59.2 Å². The molecule has 194 valence electrons. The quantitative estimate of drug-likeness (QED) is 0.554. The van der Waals surface area contributed by atoms with Crippen LogP contribution in [0.25, 0.3) is 0 Å². The Morgan fingerprint density at radius 1 is 1.11 bits per heavy atom. The van der Waals surface area contributed by atoms with Crippen LogP contribution in [0.4, 0.5) is 4.79 Å². The van der Waals surface area contributed by atoms with Gasteiger partial charge in [0.2, 0.25) is 5.91 Å². The first kappa shape index (κ1) is 26.8. The molecule has 3 rings (SSSR count). The van der Waals surface area contributed by atoms with Crippen molar-refractivity contribution >= 4 is 18.0 Å². The first-order valence-electron chi connectivity index (χ1n) is 11.9. The van der Waals surface area contributed by atoms with Gasteiger partial charge in [-0.3, -0.25) is 9.69 Å². The largest absolute Gasteiger partial charge is 0.497 e. The van der Waals surface area contributed by atoms with Crippen molar-refractivity contribution in [3.63, 3.8) is 0 Å². The van der Waals surface area contributed by atoms with E-state index in [2.05, 4.69) is 0 Å². The minimum Gasteiger partial charge on any atom is -0.497 e. The summed E-state index contributed by atoms with van der Waals surface area (Å²) in [5.41, 5.74) is 1.10. The number of carbonyl (C=O) groups is 3. The third-order valence-corrected chi connectivity index (χ3v) is 5.75. The summed E-state index contributed by atoms with van der Waals surface area (Å²) in [5, 5.41) is 9.23. The van der Waals surface area contributed by atoms with Crippen molar-refractivity contribution in [1.82, 2.24) is 9.80 Å². The molecule has 0 aliphatic carbocycles. The Kier molecular flexibility index (Phi) is 8.45. The number of hydrogen-bond donors (Lipinski definition) is 1. The molecule has 1 saturated heterocycles. The van der Waals surface area contributed by atoms with E-state index in [1.165, 1.54) is 4.90 Å². The van der Waals surface area contributed by atoms with E-state index in [1.54, 1.807) is 69.2 Å². The predicted molar refractivity (Wildman–Crippen MR) is 134 cm³/mol. The lowest BCUT2D eigenvalue weighted by Gasteiger charge is -2.40. The number of benzene rings is 2. The average Bonchev–Trinajstić information content (AvgIpc) is 2.77. The second-order valence-electron chi connectivity index (χ2n) is 9.67. The molecule has 2 aromatic rings. The SMILES string of the molecule is CCOc1cc(OC)ccc1CN(CC(=O)N1CC(c2cccc(C(=O)O)c2)C1)C(=O)OC(C)(C)C. The Labute approximate surface area is 211 Å². The zero-order chi connectivity index (χ0) is 26.5. The van der Waals surface area contributed by atoms with E-state index in [0.717, 1.165) is 11.1 Å². The maximum absolute atomic E-state index is 13.1. The molecule has 1 N–H and O–H groups in total. The zero-order valence-corrected chi connectivity index (χ0v) is 21.4. The van der Waals surface area contributed by atoms with Crippen molar-refractivity contribution in [2.75, 3.05) is 33.4 Å². The molecule has 9 nitrogen and oxygen atoms in total. The summed E-state index contributed by atoms with van der Waals surface area (Å²) in [7, 11) is 1.56. The number of amides is 2. The molecule has 0 atom stereocenters. The van der Waals surface area contributed by atoms with E-state index in [0.29, 0.717) is 31.2 Å². The third-order valence-electron chi connectivity index (χ3n) is 5.75. The summed E-state index contributed by atoms with van der Waals surface area (Å²) in [5.74, 6) is 0.0512. The maximum atomic E-state index is 13.1. The topological polar surface area (TPSA) is 106 Å². The Morgan fingerprint density at radius 3 is 2.44 bits per heavy atom. The number of aromatic carboxylic acids is 1. The molecule has 0 unspecified atom stereocenters. The summed E-state index contributed by atoms with van der Waals surface area (Å²) in [6.07, 6.45) is -0.597. The first-order valence-corrected chi connectivity index (χ1v) is 11.9. The van der Waals surface area contributed by atoms with Gasteiger partial charge in [0, 0.05) is 30.6 Å². The fraction of sp³-hybridized carbons (Fsp3) is 0.444. The summed E-state index contributed by atoms with van der Waals surface area (Å²) in [6, 6.07) is 12.1. The average molecular weight is 499 g/mol. The lowest BCUT2D eigenvalue weighted by atomic mass is 9.90. The fourth-order valence-corrected chi connectivity index (χ4v) is 3.88. The Morgan fingerprint density at radius 2 is 1.83 bits per heavy atom. The number of rotatable bonds is 9. The van der Waals surface area contributed by atoms with Crippen molar-refractivity contribution in [2.45, 2.75) is 45.8 Å². The van der Waals surface area contributed by atoms with Crippen LogP contribution in [0.3, 0.4) is 0 Å². The zero-order valence-electron chi connectivity index (χ0n) is 21.4. The van der Waals surface area contributed by atoms with Gasteiger partial charge >= 0.3 is 12.1 Å². The summed E-state index contributed by atoms with van der Waals surface area (Å²) < 4.78 is 16.6. The molecule has 0 radical (unpaired) electrons. The van der Waals surface area contributed by atoms with Gasteiger partial charge in [0.1, 0.15) is 23.6 Å². The normalized spacial score (nSPS) is 13.5. The Bertz CT molecular complexity index is 1100. The standard InChI is InChI=1S/C27H34N2O7/c1-6-35-23-13-22(34-5)11-10-20(23)14-29(26(33)36-27(2,3)4)17-24(30)28-15-21(16-28)18-8-7-9-19(12-18)25(31)32/h7-13,21H,6,14-17H2,1-5H3,(H,31,32). The molecule has 1 fully saturated rings. The van der Waals surface area contributed by atoms with Gasteiger partial charge in [-0.05, 0) is 57.5 Å². The van der Waals surface area contributed by atoms with Crippen LogP contribution in [-0.2, 0) is 16.1 Å². The number of carboxylic acids is 1. The Balaban J connectivity index is 1.72. The van der Waals surface area contributed by atoms with Crippen molar-refractivity contribution in [3.8, 4) is 11.5 Å². The molecule has 36 heavy (non-hydrogen) atoms. The second kappa shape index (κ2) is 11.3. The van der Waals surface area contributed by atoms with Crippen LogP contribution in [0.2, 0.25) is 0 Å². The predicted octanol–water partition coefficient (Wildman–Crippen LogP) is 4.16. The first-order chi connectivity index (χ1) is 17.0. The van der Waals surface area contributed by atoms with E-state index in [4.69, 9.17) is 14.2 Å². The van der Waals surface area contributed by atoms with E-state index < -0.39 is 17.7 Å². The highest BCUT2D eigenvalue weighted by Gasteiger charge is 2.34. The molecule has 0 spiro atoms. The highest BCUT2D eigenvalue weighted by Crippen LogP contribution is 2.29. The highest BCUT2D eigenvalue weighted by atomic mass is 16.6. The molecule has 1 aliphatic heterocycles. The monoisotopic (exact) mass is 498 g/mol. The molecule has 1 aliphatic rings. The smallest absolute Gasteiger partial charge is 0.411 e. The van der Waals surface area contributed by atoms with E-state index >= 15 is 0 Å². The molecule has 0 bridgehead atoms. The van der Waals surface area contributed by atoms with Crippen LogP contribution in [-0.4, -0.2) is 71.8 Å². The van der Waals surface area contributed by atoms with Gasteiger partial charge in [-0.25, -0.2) is 9.59 Å². The lowest BCUT2D eigenvalue weighted by molar-refractivity contribution is -0.137. The van der Waals surface area contributed by atoms with Crippen LogP contribution in [0, 0.1) is 0 Å². The number of carbonyl (C=O) groups excluding carboxylic acids is 2. The Hall–Kier alpha value is -3.75. The van der Waals surface area contributed by atoms with Gasteiger partial charge in [-0.2, -0.15) is 0 Å². The van der Waals surface area contributed by atoms with Crippen LogP contribution >= 0.6 is 0 Å². The van der Waals surface area contributed by atoms with Crippen molar-refractivity contribution < 1.29 is 33.7 Å². The van der Waals surface area contributed by atoms with Gasteiger partial charge in [-0.1, -0.05) is 12.1 Å². The molecule has 0 aromatic heterocycles. The minimum atomic E-state index is -0.984. The molecule has 2 amide bonds. The maximum Gasteiger partial charge on any atom is 0.411 e. The summed E-state index contributed by atoms with van der Waals surface area (Å²) in [6.45, 7) is 8.49. The number of nitrogens with zero attached hydrogens (tertiary/aromatic N) is 2. The van der Waals surface area contributed by atoms with E-state index in [1.807, 2.05) is 13.0 Å². The number of carboxylic acid groups (broad SMARTS) is 1. The molecule has 2 aromatic carbocycles. The molecule has 9 heteroatoms. The number of likely N-dealkylation sites (tertiary alicyclic amines) is 1. The second-order valence-corrected chi connectivity index (χ2v) is 9.67. The van der Waals surface area contributed by atoms with Gasteiger partial charge in [0.25, 0.3) is 0 Å². The highest BCUT2D eigenvalue weighted by molar-refractivity contribution is 5.88. The van der Waals surface area contributed by atoms with Crippen molar-refractivity contribution in [2.24, 2.45) is 0 Å². The van der Waals surface area contributed by atoms with Crippen LogP contribution < -0.4 is 9.47 Å². The van der Waals surface area contributed by atoms with Crippen molar-refractivity contribution in [1.29, 1.82) is 0 Å². The van der Waals surface area contributed by atoms with Gasteiger partial charge < -0.3 is 24.2 Å². The minimum absolute atomic E-state index is 0.0503. The lowest BCUT2D eigenvalue weighted by Crippen LogP contribution is -2.52. The number of hydrogen-bond acceptors (Lipinski definition) is 6. The number of ether oxygens (including phenoxy) is 3. The summed E-state index contributed by atoms with van der Waals surface area (Å²) in [4.78, 5) is 40.4. The van der Waals surface area contributed by atoms with E-state index in [-0.39, 0.29) is 30.5 Å². The van der Waals surface area contributed by atoms with Crippen LogP contribution in [0.5, 0.6) is 11.5 Å². The molecule has 0 saturated carbocycles.